The second kappa shape index (κ2) is 3.48. The van der Waals surface area contributed by atoms with Crippen LogP contribution >= 0.6 is 0 Å². The van der Waals surface area contributed by atoms with Crippen LogP contribution in [0.3, 0.4) is 0 Å². The summed E-state index contributed by atoms with van der Waals surface area (Å²) in [5.74, 6) is -0.838. The normalized spacial score (nSPS) is 28.8. The van der Waals surface area contributed by atoms with Crippen LogP contribution in [0, 0.1) is 23.7 Å². The van der Waals surface area contributed by atoms with Gasteiger partial charge in [-0.2, -0.15) is 0 Å². The van der Waals surface area contributed by atoms with Crippen LogP contribution in [0.5, 0.6) is 0 Å². The van der Waals surface area contributed by atoms with E-state index >= 15 is 0 Å². The molecule has 0 N–H and O–H groups in total. The summed E-state index contributed by atoms with van der Waals surface area (Å²) in [6.07, 6.45) is 0. The standard InChI is InChI=1S/C10H16O3/c1-5(2)7-8(6(3)4)10(12)13-9(7)11/h5-8H,1-4H3/t7-,8-/m1/s1. The van der Waals surface area contributed by atoms with Crippen molar-refractivity contribution in [2.75, 3.05) is 0 Å². The highest BCUT2D eigenvalue weighted by atomic mass is 16.6. The van der Waals surface area contributed by atoms with E-state index in [4.69, 9.17) is 0 Å². The van der Waals surface area contributed by atoms with Gasteiger partial charge in [-0.25, -0.2) is 0 Å². The fraction of sp³-hybridized carbons (Fsp3) is 0.800. The number of cyclic esters (lactones) is 2. The molecule has 0 amide bonds. The summed E-state index contributed by atoms with van der Waals surface area (Å²) in [6.45, 7) is 7.78. The number of esters is 2. The number of rotatable bonds is 2. The Bertz CT molecular complexity index is 206. The fourth-order valence-electron chi connectivity index (χ4n) is 1.90. The zero-order valence-electron chi connectivity index (χ0n) is 8.53. The zero-order chi connectivity index (χ0) is 10.2. The van der Waals surface area contributed by atoms with Crippen molar-refractivity contribution in [3.05, 3.63) is 0 Å². The SMILES string of the molecule is CC(C)[C@H]1C(=O)OC(=O)[C@@H]1C(C)C. The largest absolute Gasteiger partial charge is 0.393 e. The van der Waals surface area contributed by atoms with E-state index in [2.05, 4.69) is 4.74 Å². The zero-order valence-corrected chi connectivity index (χ0v) is 8.53. The summed E-state index contributed by atoms with van der Waals surface area (Å²) in [5.41, 5.74) is 0. The Kier molecular flexibility index (Phi) is 2.74. The van der Waals surface area contributed by atoms with Gasteiger partial charge in [-0.15, -0.1) is 0 Å². The molecular formula is C10H16O3. The van der Waals surface area contributed by atoms with E-state index in [1.807, 2.05) is 27.7 Å². The van der Waals surface area contributed by atoms with Crippen molar-refractivity contribution in [1.29, 1.82) is 0 Å². The molecule has 1 aliphatic rings. The minimum atomic E-state index is -0.348. The molecule has 2 atom stereocenters. The molecule has 1 fully saturated rings. The van der Waals surface area contributed by atoms with Crippen molar-refractivity contribution in [3.63, 3.8) is 0 Å². The molecule has 0 bridgehead atoms. The first kappa shape index (κ1) is 10.2. The third-order valence-electron chi connectivity index (χ3n) is 2.57. The second-order valence-corrected chi connectivity index (χ2v) is 4.28. The van der Waals surface area contributed by atoms with E-state index < -0.39 is 0 Å². The van der Waals surface area contributed by atoms with E-state index in [-0.39, 0.29) is 35.6 Å². The number of carbonyl (C=O) groups is 2. The average Bonchev–Trinajstić information content (AvgIpc) is 2.24. The Hall–Kier alpha value is -0.860. The van der Waals surface area contributed by atoms with Crippen LogP contribution < -0.4 is 0 Å². The molecule has 0 spiro atoms. The predicted molar refractivity (Wildman–Crippen MR) is 47.8 cm³/mol. The molecule has 74 valence electrons. The number of hydrogen-bond donors (Lipinski definition) is 0. The molecule has 1 rings (SSSR count). The van der Waals surface area contributed by atoms with Gasteiger partial charge in [0.1, 0.15) is 0 Å². The van der Waals surface area contributed by atoms with Gasteiger partial charge in [-0.3, -0.25) is 9.59 Å². The molecule has 0 aromatic rings. The van der Waals surface area contributed by atoms with Gasteiger partial charge in [0.2, 0.25) is 0 Å². The lowest BCUT2D eigenvalue weighted by molar-refractivity contribution is -0.154. The van der Waals surface area contributed by atoms with E-state index in [9.17, 15) is 9.59 Å². The molecule has 0 aromatic carbocycles. The highest BCUT2D eigenvalue weighted by Crippen LogP contribution is 2.34. The lowest BCUT2D eigenvalue weighted by Crippen LogP contribution is -2.27. The third kappa shape index (κ3) is 1.74. The van der Waals surface area contributed by atoms with Crippen LogP contribution in [0.1, 0.15) is 27.7 Å². The highest BCUT2D eigenvalue weighted by molar-refractivity contribution is 5.96. The molecule has 0 saturated carbocycles. The smallest absolute Gasteiger partial charge is 0.317 e. The summed E-state index contributed by atoms with van der Waals surface area (Å²) in [6, 6.07) is 0. The van der Waals surface area contributed by atoms with Gasteiger partial charge < -0.3 is 4.74 Å². The van der Waals surface area contributed by atoms with Gasteiger partial charge in [0.25, 0.3) is 0 Å². The highest BCUT2D eigenvalue weighted by Gasteiger charge is 2.46. The molecule has 1 saturated heterocycles. The Morgan fingerprint density at radius 3 is 1.46 bits per heavy atom. The predicted octanol–water partition coefficient (Wildman–Crippen LogP) is 1.61. The summed E-state index contributed by atoms with van der Waals surface area (Å²) in [7, 11) is 0. The third-order valence-corrected chi connectivity index (χ3v) is 2.57. The second-order valence-electron chi connectivity index (χ2n) is 4.28. The molecule has 0 radical (unpaired) electrons. The lowest BCUT2D eigenvalue weighted by Gasteiger charge is -2.19. The van der Waals surface area contributed by atoms with Crippen LogP contribution in [0.25, 0.3) is 0 Å². The summed E-state index contributed by atoms with van der Waals surface area (Å²) < 4.78 is 4.63. The topological polar surface area (TPSA) is 43.4 Å². The van der Waals surface area contributed by atoms with Crippen molar-refractivity contribution in [3.8, 4) is 0 Å². The van der Waals surface area contributed by atoms with Crippen LogP contribution in [0.2, 0.25) is 0 Å². The molecular weight excluding hydrogens is 168 g/mol. The summed E-state index contributed by atoms with van der Waals surface area (Å²) >= 11 is 0. The number of hydrogen-bond acceptors (Lipinski definition) is 3. The summed E-state index contributed by atoms with van der Waals surface area (Å²) in [4.78, 5) is 22.6. The molecule has 0 unspecified atom stereocenters. The Labute approximate surface area is 78.5 Å². The van der Waals surface area contributed by atoms with Gasteiger partial charge in [-0.05, 0) is 11.8 Å². The van der Waals surface area contributed by atoms with Crippen LogP contribution in [0.15, 0.2) is 0 Å². The minimum Gasteiger partial charge on any atom is -0.393 e. The molecule has 3 nitrogen and oxygen atoms in total. The van der Waals surface area contributed by atoms with Crippen LogP contribution in [0.4, 0.5) is 0 Å². The number of ether oxygens (including phenoxy) is 1. The molecule has 1 aliphatic heterocycles. The van der Waals surface area contributed by atoms with Gasteiger partial charge in [-0.1, -0.05) is 27.7 Å². The minimum absolute atomic E-state index is 0.173. The van der Waals surface area contributed by atoms with E-state index in [1.165, 1.54) is 0 Å². The molecule has 1 heterocycles. The van der Waals surface area contributed by atoms with E-state index in [0.717, 1.165) is 0 Å². The Balaban J connectivity index is 2.90. The first-order chi connectivity index (χ1) is 5.95. The molecule has 0 aromatic heterocycles. The van der Waals surface area contributed by atoms with Crippen molar-refractivity contribution < 1.29 is 14.3 Å². The Morgan fingerprint density at radius 2 is 1.23 bits per heavy atom. The van der Waals surface area contributed by atoms with Gasteiger partial charge >= 0.3 is 11.9 Å². The van der Waals surface area contributed by atoms with Gasteiger partial charge in [0.15, 0.2) is 0 Å². The van der Waals surface area contributed by atoms with Crippen molar-refractivity contribution in [2.45, 2.75) is 27.7 Å². The Morgan fingerprint density at radius 1 is 0.923 bits per heavy atom. The fourth-order valence-corrected chi connectivity index (χ4v) is 1.90. The first-order valence-electron chi connectivity index (χ1n) is 4.70. The lowest BCUT2D eigenvalue weighted by atomic mass is 9.79. The maximum absolute atomic E-state index is 11.3. The molecule has 0 aliphatic carbocycles. The van der Waals surface area contributed by atoms with Crippen molar-refractivity contribution in [1.82, 2.24) is 0 Å². The van der Waals surface area contributed by atoms with E-state index in [0.29, 0.717) is 0 Å². The van der Waals surface area contributed by atoms with Crippen LogP contribution in [-0.4, -0.2) is 11.9 Å². The molecule has 3 heteroatoms. The average molecular weight is 184 g/mol. The van der Waals surface area contributed by atoms with Crippen LogP contribution in [-0.2, 0) is 14.3 Å². The first-order valence-corrected chi connectivity index (χ1v) is 4.70. The summed E-state index contributed by atoms with van der Waals surface area (Å²) in [5, 5.41) is 0. The molecule has 13 heavy (non-hydrogen) atoms. The maximum Gasteiger partial charge on any atom is 0.317 e. The van der Waals surface area contributed by atoms with Crippen molar-refractivity contribution in [2.24, 2.45) is 23.7 Å². The van der Waals surface area contributed by atoms with Crippen molar-refractivity contribution >= 4 is 11.9 Å². The number of carbonyl (C=O) groups excluding carboxylic acids is 2. The van der Waals surface area contributed by atoms with Gasteiger partial charge in [0.05, 0.1) is 11.8 Å². The quantitative estimate of drug-likeness (QED) is 0.483. The van der Waals surface area contributed by atoms with E-state index in [1.54, 1.807) is 0 Å². The van der Waals surface area contributed by atoms with Gasteiger partial charge in [0, 0.05) is 0 Å². The monoisotopic (exact) mass is 184 g/mol. The maximum atomic E-state index is 11.3.